The van der Waals surface area contributed by atoms with Gasteiger partial charge < -0.3 is 10.2 Å². The minimum Gasteiger partial charge on any atom is -0.340 e. The quantitative estimate of drug-likeness (QED) is 0.921. The molecular weight excluding hydrogens is 273 g/mol. The summed E-state index contributed by atoms with van der Waals surface area (Å²) < 4.78 is 0. The van der Waals surface area contributed by atoms with E-state index in [2.05, 4.69) is 10.3 Å². The minimum atomic E-state index is 0. The van der Waals surface area contributed by atoms with Crippen LogP contribution in [0.25, 0.3) is 0 Å². The van der Waals surface area contributed by atoms with Crippen LogP contribution in [0.15, 0.2) is 24.5 Å². The zero-order valence-corrected chi connectivity index (χ0v) is 12.0. The summed E-state index contributed by atoms with van der Waals surface area (Å²) >= 11 is 0. The summed E-state index contributed by atoms with van der Waals surface area (Å²) in [5.74, 6) is 0.189. The van der Waals surface area contributed by atoms with Crippen molar-refractivity contribution in [1.82, 2.24) is 15.2 Å². The van der Waals surface area contributed by atoms with Crippen molar-refractivity contribution in [2.24, 2.45) is 0 Å². The van der Waals surface area contributed by atoms with Crippen LogP contribution in [0.4, 0.5) is 0 Å². The van der Waals surface area contributed by atoms with Crippen molar-refractivity contribution in [3.05, 3.63) is 30.1 Å². The van der Waals surface area contributed by atoms with Crippen molar-refractivity contribution in [2.75, 3.05) is 13.6 Å². The molecule has 2 heterocycles. The number of pyridine rings is 1. The van der Waals surface area contributed by atoms with Crippen LogP contribution in [0.5, 0.6) is 0 Å². The maximum absolute atomic E-state index is 12.0. The Balaban J connectivity index is 0.00000144. The molecule has 1 N–H and O–H groups in total. The van der Waals surface area contributed by atoms with E-state index in [-0.39, 0.29) is 36.8 Å². The van der Waals surface area contributed by atoms with E-state index in [0.29, 0.717) is 6.54 Å². The average molecular weight is 292 g/mol. The van der Waals surface area contributed by atoms with Crippen LogP contribution < -0.4 is 5.32 Å². The summed E-state index contributed by atoms with van der Waals surface area (Å²) in [7, 11) is 1.85. The Labute approximate surface area is 120 Å². The van der Waals surface area contributed by atoms with Crippen LogP contribution in [0.1, 0.15) is 18.4 Å². The molecule has 2 rings (SSSR count). The van der Waals surface area contributed by atoms with Crippen molar-refractivity contribution < 1.29 is 4.79 Å². The van der Waals surface area contributed by atoms with Gasteiger partial charge in [-0.15, -0.1) is 24.8 Å². The van der Waals surface area contributed by atoms with Crippen molar-refractivity contribution in [3.63, 3.8) is 0 Å². The molecule has 1 aliphatic rings. The molecule has 1 atom stereocenters. The second-order valence-corrected chi connectivity index (χ2v) is 4.20. The third-order valence-electron chi connectivity index (χ3n) is 2.90. The lowest BCUT2D eigenvalue weighted by Gasteiger charge is -2.21. The number of aromatic nitrogens is 1. The van der Waals surface area contributed by atoms with E-state index in [9.17, 15) is 4.79 Å². The first-order valence-electron chi connectivity index (χ1n) is 5.64. The zero-order chi connectivity index (χ0) is 11.4. The van der Waals surface area contributed by atoms with Crippen LogP contribution in [-0.2, 0) is 11.3 Å². The lowest BCUT2D eigenvalue weighted by molar-refractivity contribution is -0.132. The maximum atomic E-state index is 12.0. The van der Waals surface area contributed by atoms with E-state index in [0.717, 1.165) is 24.9 Å². The van der Waals surface area contributed by atoms with E-state index in [1.807, 2.05) is 19.2 Å². The molecule has 1 aromatic heterocycles. The second kappa shape index (κ2) is 8.29. The van der Waals surface area contributed by atoms with Gasteiger partial charge in [0.2, 0.25) is 5.91 Å². The molecule has 0 unspecified atom stereocenters. The standard InChI is InChI=1S/C12H17N3O.2ClH/c1-15(9-10-4-7-13-8-5-10)12(16)11-3-2-6-14-11;;/h4-5,7-8,11,14H,2-3,6,9H2,1H3;2*1H/t11-;;/m0../s1. The number of carbonyl (C=O) groups is 1. The first kappa shape index (κ1) is 17.2. The van der Waals surface area contributed by atoms with Gasteiger partial charge in [-0.25, -0.2) is 0 Å². The number of nitrogens with one attached hydrogen (secondary N) is 1. The highest BCUT2D eigenvalue weighted by Gasteiger charge is 2.24. The highest BCUT2D eigenvalue weighted by Crippen LogP contribution is 2.09. The molecule has 0 aliphatic carbocycles. The predicted octanol–water partition coefficient (Wildman–Crippen LogP) is 1.64. The van der Waals surface area contributed by atoms with Crippen LogP contribution in [0.3, 0.4) is 0 Å². The molecule has 0 bridgehead atoms. The molecule has 0 radical (unpaired) electrons. The van der Waals surface area contributed by atoms with Crippen LogP contribution >= 0.6 is 24.8 Å². The summed E-state index contributed by atoms with van der Waals surface area (Å²) in [6, 6.07) is 3.89. The summed E-state index contributed by atoms with van der Waals surface area (Å²) in [5.41, 5.74) is 1.11. The molecule has 1 saturated heterocycles. The summed E-state index contributed by atoms with van der Waals surface area (Å²) in [4.78, 5) is 17.7. The first-order valence-corrected chi connectivity index (χ1v) is 5.64. The van der Waals surface area contributed by atoms with Gasteiger partial charge in [0.1, 0.15) is 0 Å². The number of likely N-dealkylation sites (N-methyl/N-ethyl adjacent to an activating group) is 1. The third kappa shape index (κ3) is 4.44. The Hall–Kier alpha value is -0.840. The summed E-state index contributed by atoms with van der Waals surface area (Å²) in [5, 5.41) is 3.22. The van der Waals surface area contributed by atoms with E-state index >= 15 is 0 Å². The van der Waals surface area contributed by atoms with Crippen molar-refractivity contribution >= 4 is 30.7 Å². The van der Waals surface area contributed by atoms with Gasteiger partial charge in [0.15, 0.2) is 0 Å². The largest absolute Gasteiger partial charge is 0.340 e. The van der Waals surface area contributed by atoms with Crippen LogP contribution in [0, 0.1) is 0 Å². The topological polar surface area (TPSA) is 45.2 Å². The fourth-order valence-electron chi connectivity index (χ4n) is 2.00. The summed E-state index contributed by atoms with van der Waals surface area (Å²) in [6.07, 6.45) is 5.56. The van der Waals surface area contributed by atoms with Crippen molar-refractivity contribution in [3.8, 4) is 0 Å². The highest BCUT2D eigenvalue weighted by molar-refractivity contribution is 5.85. The third-order valence-corrected chi connectivity index (χ3v) is 2.90. The molecular formula is C12H19Cl2N3O. The number of hydrogen-bond donors (Lipinski definition) is 1. The van der Waals surface area contributed by atoms with Gasteiger partial charge in [0.05, 0.1) is 6.04 Å². The van der Waals surface area contributed by atoms with Crippen LogP contribution in [0.2, 0.25) is 0 Å². The van der Waals surface area contributed by atoms with Crippen molar-refractivity contribution in [2.45, 2.75) is 25.4 Å². The fourth-order valence-corrected chi connectivity index (χ4v) is 2.00. The van der Waals surface area contributed by atoms with E-state index in [1.165, 1.54) is 0 Å². The average Bonchev–Trinajstić information content (AvgIpc) is 2.83. The molecule has 0 saturated carbocycles. The number of amides is 1. The number of rotatable bonds is 3. The Morgan fingerprint density at radius 2 is 2.11 bits per heavy atom. The van der Waals surface area contributed by atoms with Gasteiger partial charge in [-0.1, -0.05) is 0 Å². The Morgan fingerprint density at radius 1 is 1.44 bits per heavy atom. The Bertz CT molecular complexity index is 356. The van der Waals surface area contributed by atoms with Gasteiger partial charge in [0, 0.05) is 26.0 Å². The second-order valence-electron chi connectivity index (χ2n) is 4.20. The SMILES string of the molecule is CN(Cc1ccncc1)C(=O)[C@@H]1CCCN1.Cl.Cl. The van der Waals surface area contributed by atoms with Gasteiger partial charge in [-0.05, 0) is 37.1 Å². The minimum absolute atomic E-state index is 0. The molecule has 102 valence electrons. The van der Waals surface area contributed by atoms with Crippen LogP contribution in [-0.4, -0.2) is 35.4 Å². The highest BCUT2D eigenvalue weighted by atomic mass is 35.5. The fraction of sp³-hybridized carbons (Fsp3) is 0.500. The number of carbonyl (C=O) groups excluding carboxylic acids is 1. The Morgan fingerprint density at radius 3 is 2.67 bits per heavy atom. The molecule has 0 aromatic carbocycles. The van der Waals surface area contributed by atoms with E-state index in [1.54, 1.807) is 17.3 Å². The first-order chi connectivity index (χ1) is 7.77. The summed E-state index contributed by atoms with van der Waals surface area (Å²) in [6.45, 7) is 1.61. The monoisotopic (exact) mass is 291 g/mol. The lowest BCUT2D eigenvalue weighted by Crippen LogP contribution is -2.41. The van der Waals surface area contributed by atoms with Gasteiger partial charge >= 0.3 is 0 Å². The van der Waals surface area contributed by atoms with Gasteiger partial charge in [-0.3, -0.25) is 9.78 Å². The number of nitrogens with zero attached hydrogens (tertiary/aromatic N) is 2. The van der Waals surface area contributed by atoms with Gasteiger partial charge in [-0.2, -0.15) is 0 Å². The predicted molar refractivity (Wildman–Crippen MR) is 76.2 cm³/mol. The molecule has 1 aromatic rings. The maximum Gasteiger partial charge on any atom is 0.239 e. The van der Waals surface area contributed by atoms with E-state index < -0.39 is 0 Å². The number of hydrogen-bond acceptors (Lipinski definition) is 3. The molecule has 1 amide bonds. The van der Waals surface area contributed by atoms with Crippen molar-refractivity contribution in [1.29, 1.82) is 0 Å². The molecule has 6 heteroatoms. The normalized spacial score (nSPS) is 17.5. The molecule has 4 nitrogen and oxygen atoms in total. The Kier molecular flexibility index (Phi) is 7.91. The smallest absolute Gasteiger partial charge is 0.239 e. The molecule has 1 fully saturated rings. The molecule has 0 spiro atoms. The van der Waals surface area contributed by atoms with E-state index in [4.69, 9.17) is 0 Å². The zero-order valence-electron chi connectivity index (χ0n) is 10.3. The van der Waals surface area contributed by atoms with Gasteiger partial charge in [0.25, 0.3) is 0 Å². The number of halogens is 2. The molecule has 18 heavy (non-hydrogen) atoms. The lowest BCUT2D eigenvalue weighted by atomic mass is 10.2. The molecule has 1 aliphatic heterocycles.